The first-order chi connectivity index (χ1) is 18.6. The number of hydrogen-bond acceptors (Lipinski definition) is 10. The minimum Gasteiger partial charge on any atom is -0.497 e. The van der Waals surface area contributed by atoms with Gasteiger partial charge < -0.3 is 18.9 Å². The zero-order valence-corrected chi connectivity index (χ0v) is 22.8. The topological polar surface area (TPSA) is 122 Å². The number of carbonyl (C=O) groups is 3. The average Bonchev–Trinajstić information content (AvgIpc) is 3.18. The highest BCUT2D eigenvalue weighted by Crippen LogP contribution is 2.32. The summed E-state index contributed by atoms with van der Waals surface area (Å²) >= 11 is 1.13. The molecule has 2 heterocycles. The normalized spacial score (nSPS) is 14.8. The number of rotatable bonds is 7. The number of hydrogen-bond donors (Lipinski definition) is 0. The minimum atomic E-state index is -0.785. The van der Waals surface area contributed by atoms with Crippen LogP contribution in [-0.4, -0.2) is 36.2 Å². The Morgan fingerprint density at radius 2 is 1.69 bits per heavy atom. The van der Waals surface area contributed by atoms with Gasteiger partial charge in [0, 0.05) is 25.5 Å². The van der Waals surface area contributed by atoms with Crippen LogP contribution < -0.4 is 29.1 Å². The lowest BCUT2D eigenvalue weighted by atomic mass is 9.96. The summed E-state index contributed by atoms with van der Waals surface area (Å²) in [6.07, 6.45) is 1.56. The molecule has 39 heavy (non-hydrogen) atoms. The van der Waals surface area contributed by atoms with Gasteiger partial charge in [-0.2, -0.15) is 0 Å². The maximum absolute atomic E-state index is 13.8. The second kappa shape index (κ2) is 11.5. The lowest BCUT2D eigenvalue weighted by molar-refractivity contribution is -0.139. The third-order valence-electron chi connectivity index (χ3n) is 5.74. The van der Waals surface area contributed by atoms with Crippen molar-refractivity contribution in [3.8, 4) is 17.2 Å². The van der Waals surface area contributed by atoms with Crippen LogP contribution in [0.5, 0.6) is 17.2 Å². The van der Waals surface area contributed by atoms with Gasteiger partial charge in [0.15, 0.2) is 4.80 Å². The first-order valence-corrected chi connectivity index (χ1v) is 12.8. The van der Waals surface area contributed by atoms with Gasteiger partial charge in [-0.3, -0.25) is 19.0 Å². The Morgan fingerprint density at radius 1 is 1.03 bits per heavy atom. The van der Waals surface area contributed by atoms with E-state index in [4.69, 9.17) is 18.9 Å². The van der Waals surface area contributed by atoms with Crippen molar-refractivity contribution >= 4 is 35.3 Å². The number of esters is 3. The van der Waals surface area contributed by atoms with Crippen molar-refractivity contribution in [1.29, 1.82) is 0 Å². The molecule has 0 fully saturated rings. The zero-order valence-electron chi connectivity index (χ0n) is 22.0. The van der Waals surface area contributed by atoms with E-state index < -0.39 is 29.5 Å². The molecule has 0 saturated heterocycles. The lowest BCUT2D eigenvalue weighted by Gasteiger charge is -2.24. The summed E-state index contributed by atoms with van der Waals surface area (Å²) in [4.78, 5) is 54.9. The molecule has 0 amide bonds. The number of aromatic nitrogens is 1. The molecule has 202 valence electrons. The first-order valence-electron chi connectivity index (χ1n) is 12.0. The molecule has 1 atom stereocenters. The Kier molecular flexibility index (Phi) is 8.10. The van der Waals surface area contributed by atoms with Gasteiger partial charge >= 0.3 is 17.9 Å². The van der Waals surface area contributed by atoms with Crippen molar-refractivity contribution in [2.75, 3.05) is 13.7 Å². The molecule has 1 aliphatic rings. The predicted octanol–water partition coefficient (Wildman–Crippen LogP) is 2.66. The molecule has 2 aromatic carbocycles. The third kappa shape index (κ3) is 5.83. The van der Waals surface area contributed by atoms with Crippen LogP contribution in [0.3, 0.4) is 0 Å². The molecular formula is C28H26N2O8S. The smallest absolute Gasteiger partial charge is 0.338 e. The summed E-state index contributed by atoms with van der Waals surface area (Å²) in [6.45, 7) is 6.07. The van der Waals surface area contributed by atoms with Gasteiger partial charge in [-0.15, -0.1) is 0 Å². The fraction of sp³-hybridized carbons (Fsp3) is 0.250. The van der Waals surface area contributed by atoms with Crippen LogP contribution >= 0.6 is 11.3 Å². The van der Waals surface area contributed by atoms with Crippen molar-refractivity contribution in [1.82, 2.24) is 4.57 Å². The standard InChI is InChI=1S/C28H26N2O8S/c1-6-36-27(34)24-15(2)29-28-30(25(24)18-7-10-20(35-5)11-8-18)26(33)23(39-28)13-19-9-12-21(37-16(3)31)14-22(19)38-17(4)32/h7-14,25H,6H2,1-5H3/b23-13-. The summed E-state index contributed by atoms with van der Waals surface area (Å²) in [6, 6.07) is 10.8. The summed E-state index contributed by atoms with van der Waals surface area (Å²) in [5.41, 5.74) is 1.38. The van der Waals surface area contributed by atoms with Crippen molar-refractivity contribution in [3.05, 3.63) is 84.5 Å². The van der Waals surface area contributed by atoms with E-state index in [0.717, 1.165) is 11.3 Å². The molecule has 1 aromatic heterocycles. The highest BCUT2D eigenvalue weighted by atomic mass is 32.1. The summed E-state index contributed by atoms with van der Waals surface area (Å²) in [5, 5.41) is 0. The molecule has 0 aliphatic carbocycles. The maximum atomic E-state index is 13.8. The molecule has 11 heteroatoms. The molecule has 4 rings (SSSR count). The van der Waals surface area contributed by atoms with E-state index in [0.29, 0.717) is 31.9 Å². The Balaban J connectivity index is 1.91. The molecule has 0 bridgehead atoms. The first kappa shape index (κ1) is 27.5. The molecular weight excluding hydrogens is 524 g/mol. The van der Waals surface area contributed by atoms with E-state index in [9.17, 15) is 19.2 Å². The second-order valence-electron chi connectivity index (χ2n) is 8.46. The van der Waals surface area contributed by atoms with E-state index in [1.165, 1.54) is 30.5 Å². The van der Waals surface area contributed by atoms with Gasteiger partial charge in [-0.1, -0.05) is 23.5 Å². The van der Waals surface area contributed by atoms with E-state index in [-0.39, 0.29) is 23.7 Å². The van der Waals surface area contributed by atoms with E-state index in [1.807, 2.05) is 0 Å². The lowest BCUT2D eigenvalue weighted by Crippen LogP contribution is -2.39. The number of thiazole rings is 1. The second-order valence-corrected chi connectivity index (χ2v) is 9.47. The number of allylic oxidation sites excluding steroid dienone is 1. The number of methoxy groups -OCH3 is 1. The summed E-state index contributed by atoms with van der Waals surface area (Å²) in [5.74, 6) is -0.753. The largest absolute Gasteiger partial charge is 0.497 e. The number of fused-ring (bicyclic) bond motifs is 1. The van der Waals surface area contributed by atoms with Crippen LogP contribution in [0.4, 0.5) is 0 Å². The number of nitrogens with zero attached hydrogens (tertiary/aromatic N) is 2. The molecule has 0 radical (unpaired) electrons. The summed E-state index contributed by atoms with van der Waals surface area (Å²) in [7, 11) is 1.55. The Bertz CT molecular complexity index is 1660. The molecule has 0 spiro atoms. The third-order valence-corrected chi connectivity index (χ3v) is 6.72. The monoisotopic (exact) mass is 550 g/mol. The van der Waals surface area contributed by atoms with Crippen LogP contribution in [-0.2, 0) is 19.1 Å². The van der Waals surface area contributed by atoms with Crippen LogP contribution in [0.1, 0.15) is 44.9 Å². The van der Waals surface area contributed by atoms with Gasteiger partial charge in [0.1, 0.15) is 17.2 Å². The highest BCUT2D eigenvalue weighted by Gasteiger charge is 2.33. The average molecular weight is 551 g/mol. The quantitative estimate of drug-likeness (QED) is 0.325. The number of carbonyl (C=O) groups excluding carboxylic acids is 3. The van der Waals surface area contributed by atoms with Gasteiger partial charge in [-0.05, 0) is 49.8 Å². The summed E-state index contributed by atoms with van der Waals surface area (Å²) < 4.78 is 22.7. The fourth-order valence-corrected chi connectivity index (χ4v) is 5.18. The van der Waals surface area contributed by atoms with Crippen LogP contribution in [0.15, 0.2) is 63.5 Å². The SMILES string of the molecule is CCOC(=O)C1=C(C)N=c2s/c(=C\c3ccc(OC(C)=O)cc3OC(C)=O)c(=O)n2C1c1ccc(OC)cc1. The molecule has 1 unspecified atom stereocenters. The van der Waals surface area contributed by atoms with Crippen LogP contribution in [0, 0.1) is 0 Å². The van der Waals surface area contributed by atoms with Gasteiger partial charge in [-0.25, -0.2) is 9.79 Å². The highest BCUT2D eigenvalue weighted by molar-refractivity contribution is 7.07. The van der Waals surface area contributed by atoms with Gasteiger partial charge in [0.05, 0.1) is 35.6 Å². The Labute approximate surface area is 227 Å². The van der Waals surface area contributed by atoms with Crippen molar-refractivity contribution in [2.24, 2.45) is 4.99 Å². The molecule has 10 nitrogen and oxygen atoms in total. The minimum absolute atomic E-state index is 0.113. The zero-order chi connectivity index (χ0) is 28.3. The van der Waals surface area contributed by atoms with Crippen molar-refractivity contribution < 1.29 is 33.3 Å². The number of ether oxygens (including phenoxy) is 4. The van der Waals surface area contributed by atoms with Crippen LogP contribution in [0.25, 0.3) is 6.08 Å². The fourth-order valence-electron chi connectivity index (χ4n) is 4.14. The van der Waals surface area contributed by atoms with E-state index in [1.54, 1.807) is 57.4 Å². The number of benzene rings is 2. The predicted molar refractivity (Wildman–Crippen MR) is 142 cm³/mol. The van der Waals surface area contributed by atoms with Gasteiger partial charge in [0.2, 0.25) is 0 Å². The van der Waals surface area contributed by atoms with Crippen molar-refractivity contribution in [3.63, 3.8) is 0 Å². The van der Waals surface area contributed by atoms with E-state index in [2.05, 4.69) is 4.99 Å². The molecule has 3 aromatic rings. The van der Waals surface area contributed by atoms with Crippen LogP contribution in [0.2, 0.25) is 0 Å². The van der Waals surface area contributed by atoms with E-state index >= 15 is 0 Å². The maximum Gasteiger partial charge on any atom is 0.338 e. The van der Waals surface area contributed by atoms with Gasteiger partial charge in [0.25, 0.3) is 5.56 Å². The molecule has 0 N–H and O–H groups in total. The molecule has 1 aliphatic heterocycles. The molecule has 0 saturated carbocycles. The Morgan fingerprint density at radius 3 is 2.31 bits per heavy atom. The Hall–Kier alpha value is -4.51. The van der Waals surface area contributed by atoms with Crippen molar-refractivity contribution in [2.45, 2.75) is 33.7 Å².